The number of thiophene rings is 1. The van der Waals surface area contributed by atoms with E-state index in [0.717, 1.165) is 33.2 Å². The fourth-order valence-electron chi connectivity index (χ4n) is 4.58. The highest BCUT2D eigenvalue weighted by atomic mass is 32.1. The van der Waals surface area contributed by atoms with Crippen molar-refractivity contribution in [3.05, 3.63) is 63.0 Å². The Balaban J connectivity index is 1.75. The molecule has 1 aliphatic rings. The average molecular weight is 418 g/mol. The van der Waals surface area contributed by atoms with Crippen molar-refractivity contribution in [3.8, 4) is 11.1 Å². The molecule has 0 amide bonds. The van der Waals surface area contributed by atoms with Gasteiger partial charge < -0.3 is 9.88 Å². The van der Waals surface area contributed by atoms with Gasteiger partial charge in [-0.3, -0.25) is 9.78 Å². The first kappa shape index (κ1) is 19.5. The maximum Gasteiger partial charge on any atom is 0.266 e. The number of nitrogens with zero attached hydrogens (tertiary/aromatic N) is 2. The van der Waals surface area contributed by atoms with E-state index in [1.807, 2.05) is 12.3 Å². The Kier molecular flexibility index (Phi) is 4.75. The van der Waals surface area contributed by atoms with Crippen LogP contribution >= 0.6 is 11.3 Å². The highest BCUT2D eigenvalue weighted by Crippen LogP contribution is 2.47. The third-order valence-electron chi connectivity index (χ3n) is 6.16. The molecule has 3 heterocycles. The highest BCUT2D eigenvalue weighted by Gasteiger charge is 2.30. The van der Waals surface area contributed by atoms with Crippen molar-refractivity contribution in [2.75, 3.05) is 20.6 Å². The lowest BCUT2D eigenvalue weighted by Crippen LogP contribution is -2.18. The van der Waals surface area contributed by atoms with Crippen LogP contribution in [0.1, 0.15) is 48.6 Å². The number of fused-ring (bicyclic) bond motifs is 3. The molecule has 30 heavy (non-hydrogen) atoms. The minimum atomic E-state index is -0.0182. The molecule has 4 nitrogen and oxygen atoms in total. The van der Waals surface area contributed by atoms with Crippen molar-refractivity contribution in [1.82, 2.24) is 14.9 Å². The van der Waals surface area contributed by atoms with Crippen LogP contribution in [-0.4, -0.2) is 35.5 Å². The number of H-pyrrole nitrogens is 1. The van der Waals surface area contributed by atoms with Crippen LogP contribution in [0.2, 0.25) is 0 Å². The summed E-state index contributed by atoms with van der Waals surface area (Å²) in [6.07, 6.45) is 2.39. The molecule has 4 aromatic rings. The SMILES string of the molecule is Cc1nc(C2CC2)c(-c2ccc([C@@H](C)CN(C)C)cc2)c2c1[nH]c(=O)c1sccc12. The van der Waals surface area contributed by atoms with Crippen molar-refractivity contribution in [3.63, 3.8) is 0 Å². The van der Waals surface area contributed by atoms with E-state index in [4.69, 9.17) is 4.98 Å². The van der Waals surface area contributed by atoms with E-state index in [1.165, 1.54) is 46.6 Å². The van der Waals surface area contributed by atoms with Crippen LogP contribution in [0.4, 0.5) is 0 Å². The number of rotatable bonds is 5. The Morgan fingerprint density at radius 2 is 1.93 bits per heavy atom. The summed E-state index contributed by atoms with van der Waals surface area (Å²) in [5.41, 5.74) is 6.69. The van der Waals surface area contributed by atoms with Gasteiger partial charge in [0.05, 0.1) is 16.9 Å². The zero-order chi connectivity index (χ0) is 21.0. The standard InChI is InChI=1S/C25H27N3OS/c1-14(13-28(3)4)16-5-7-17(8-6-16)20-21-19-11-12-30-24(19)25(29)27-22(21)15(2)26-23(20)18-9-10-18/h5-8,11-12,14,18H,9-10,13H2,1-4H3,(H,27,29)/t14-/m0/s1. The van der Waals surface area contributed by atoms with Crippen molar-refractivity contribution >= 4 is 32.3 Å². The summed E-state index contributed by atoms with van der Waals surface area (Å²) in [6, 6.07) is 11.1. The molecule has 154 valence electrons. The number of pyridine rings is 2. The molecule has 5 rings (SSSR count). The summed E-state index contributed by atoms with van der Waals surface area (Å²) >= 11 is 1.51. The molecular formula is C25H27N3OS. The van der Waals surface area contributed by atoms with Crippen LogP contribution in [0.15, 0.2) is 40.5 Å². The summed E-state index contributed by atoms with van der Waals surface area (Å²) in [4.78, 5) is 23.0. The van der Waals surface area contributed by atoms with E-state index in [0.29, 0.717) is 11.8 Å². The molecular weight excluding hydrogens is 390 g/mol. The van der Waals surface area contributed by atoms with Crippen molar-refractivity contribution in [2.24, 2.45) is 0 Å². The second kappa shape index (κ2) is 7.33. The monoisotopic (exact) mass is 417 g/mol. The van der Waals surface area contributed by atoms with E-state index in [-0.39, 0.29) is 5.56 Å². The number of aromatic amines is 1. The third kappa shape index (κ3) is 3.26. The van der Waals surface area contributed by atoms with Crippen molar-refractivity contribution < 1.29 is 0 Å². The first-order valence-electron chi connectivity index (χ1n) is 10.6. The maximum atomic E-state index is 12.6. The Hall–Kier alpha value is -2.50. The Morgan fingerprint density at radius 3 is 2.60 bits per heavy atom. The van der Waals surface area contributed by atoms with Crippen LogP contribution in [-0.2, 0) is 0 Å². The number of likely N-dealkylation sites (N-methyl/N-ethyl adjacent to an activating group) is 1. The molecule has 0 saturated heterocycles. The number of aromatic nitrogens is 2. The smallest absolute Gasteiger partial charge is 0.266 e. The number of nitrogens with one attached hydrogen (secondary N) is 1. The summed E-state index contributed by atoms with van der Waals surface area (Å²) < 4.78 is 0.798. The number of benzene rings is 1. The maximum absolute atomic E-state index is 12.6. The first-order valence-corrected chi connectivity index (χ1v) is 11.5. The Labute approximate surface area is 180 Å². The molecule has 1 aromatic carbocycles. The van der Waals surface area contributed by atoms with Crippen LogP contribution in [0, 0.1) is 6.92 Å². The Bertz CT molecular complexity index is 1300. The van der Waals surface area contributed by atoms with E-state index in [2.05, 4.69) is 61.2 Å². The molecule has 1 N–H and O–H groups in total. The average Bonchev–Trinajstić information content (AvgIpc) is 3.44. The minimum Gasteiger partial charge on any atom is -0.319 e. The van der Waals surface area contributed by atoms with Gasteiger partial charge in [0.25, 0.3) is 5.56 Å². The van der Waals surface area contributed by atoms with E-state index in [1.54, 1.807) is 0 Å². The second-order valence-corrected chi connectivity index (χ2v) is 9.80. The van der Waals surface area contributed by atoms with Gasteiger partial charge in [0, 0.05) is 28.8 Å². The van der Waals surface area contributed by atoms with Crippen molar-refractivity contribution in [1.29, 1.82) is 0 Å². The van der Waals surface area contributed by atoms with Gasteiger partial charge in [0.1, 0.15) is 4.70 Å². The van der Waals surface area contributed by atoms with Gasteiger partial charge in [0.2, 0.25) is 0 Å². The van der Waals surface area contributed by atoms with Gasteiger partial charge in [-0.15, -0.1) is 11.3 Å². The summed E-state index contributed by atoms with van der Waals surface area (Å²) in [7, 11) is 4.23. The van der Waals surface area contributed by atoms with Crippen LogP contribution in [0.3, 0.4) is 0 Å². The van der Waals surface area contributed by atoms with Crippen LogP contribution < -0.4 is 5.56 Å². The van der Waals surface area contributed by atoms with E-state index in [9.17, 15) is 4.79 Å². The summed E-state index contributed by atoms with van der Waals surface area (Å²) in [5, 5.41) is 4.21. The van der Waals surface area contributed by atoms with E-state index < -0.39 is 0 Å². The number of aryl methyl sites for hydroxylation is 1. The zero-order valence-corrected chi connectivity index (χ0v) is 18.8. The molecule has 5 heteroatoms. The van der Waals surface area contributed by atoms with Gasteiger partial charge in [0.15, 0.2) is 0 Å². The first-order chi connectivity index (χ1) is 14.4. The fraction of sp³-hybridized carbons (Fsp3) is 0.360. The lowest BCUT2D eigenvalue weighted by atomic mass is 9.92. The summed E-state index contributed by atoms with van der Waals surface area (Å²) in [6.45, 7) is 5.31. The quantitative estimate of drug-likeness (QED) is 0.456. The normalized spacial score (nSPS) is 15.4. The van der Waals surface area contributed by atoms with Gasteiger partial charge in [-0.2, -0.15) is 0 Å². The van der Waals surface area contributed by atoms with Crippen molar-refractivity contribution in [2.45, 2.75) is 38.5 Å². The lowest BCUT2D eigenvalue weighted by molar-refractivity contribution is 0.383. The van der Waals surface area contributed by atoms with Gasteiger partial charge in [-0.1, -0.05) is 31.2 Å². The molecule has 1 aliphatic carbocycles. The molecule has 1 fully saturated rings. The molecule has 0 unspecified atom stereocenters. The van der Waals surface area contributed by atoms with Gasteiger partial charge in [-0.05, 0) is 62.4 Å². The minimum absolute atomic E-state index is 0.0182. The van der Waals surface area contributed by atoms with Gasteiger partial charge in [-0.25, -0.2) is 0 Å². The predicted molar refractivity (Wildman–Crippen MR) is 127 cm³/mol. The van der Waals surface area contributed by atoms with E-state index >= 15 is 0 Å². The molecule has 1 atom stereocenters. The van der Waals surface area contributed by atoms with Crippen LogP contribution in [0.25, 0.3) is 32.1 Å². The molecule has 0 aliphatic heterocycles. The fourth-order valence-corrected chi connectivity index (χ4v) is 5.37. The Morgan fingerprint density at radius 1 is 1.20 bits per heavy atom. The molecule has 1 saturated carbocycles. The predicted octanol–water partition coefficient (Wildman–Crippen LogP) is 5.66. The third-order valence-corrected chi connectivity index (χ3v) is 7.07. The number of hydrogen-bond acceptors (Lipinski definition) is 4. The largest absolute Gasteiger partial charge is 0.319 e. The highest BCUT2D eigenvalue weighted by molar-refractivity contribution is 7.17. The topological polar surface area (TPSA) is 49.0 Å². The molecule has 0 radical (unpaired) electrons. The number of hydrogen-bond donors (Lipinski definition) is 1. The second-order valence-electron chi connectivity index (χ2n) is 8.88. The molecule has 0 bridgehead atoms. The molecule has 3 aromatic heterocycles. The zero-order valence-electron chi connectivity index (χ0n) is 18.0. The molecule has 0 spiro atoms. The van der Waals surface area contributed by atoms with Crippen LogP contribution in [0.5, 0.6) is 0 Å². The summed E-state index contributed by atoms with van der Waals surface area (Å²) in [5.74, 6) is 1.00. The lowest BCUT2D eigenvalue weighted by Gasteiger charge is -2.19. The van der Waals surface area contributed by atoms with Gasteiger partial charge >= 0.3 is 0 Å².